The molecule has 0 aliphatic rings. The van der Waals surface area contributed by atoms with Crippen molar-refractivity contribution in [3.8, 4) is 11.3 Å². The highest BCUT2D eigenvalue weighted by molar-refractivity contribution is 7.79. The Kier molecular flexibility index (Phi) is 6.70. The lowest BCUT2D eigenvalue weighted by atomic mass is 10.0. The molecule has 1 amide bonds. The maximum atomic E-state index is 12.7. The van der Waals surface area contributed by atoms with Crippen LogP contribution in [-0.2, 0) is 11.1 Å². The van der Waals surface area contributed by atoms with Gasteiger partial charge in [-0.1, -0.05) is 35.9 Å². The molecule has 2 heterocycles. The van der Waals surface area contributed by atoms with Crippen LogP contribution in [0.1, 0.15) is 26.7 Å². The molecule has 32 heavy (non-hydrogen) atoms. The number of halogens is 1. The van der Waals surface area contributed by atoms with Gasteiger partial charge in [-0.3, -0.25) is 19.0 Å². The summed E-state index contributed by atoms with van der Waals surface area (Å²) in [6.45, 7) is 0. The first-order valence-corrected chi connectivity index (χ1v) is 11.1. The highest BCUT2D eigenvalue weighted by Crippen LogP contribution is 2.30. The maximum absolute atomic E-state index is 12.7. The van der Waals surface area contributed by atoms with Crippen LogP contribution in [0.15, 0.2) is 91.4 Å². The van der Waals surface area contributed by atoms with Crippen LogP contribution in [0, 0.1) is 0 Å². The largest absolute Gasteiger partial charge is 0.772 e. The van der Waals surface area contributed by atoms with Gasteiger partial charge in [0.05, 0.1) is 16.0 Å². The van der Waals surface area contributed by atoms with E-state index in [0.29, 0.717) is 38.7 Å². The van der Waals surface area contributed by atoms with Crippen molar-refractivity contribution in [2.75, 3.05) is 5.32 Å². The van der Waals surface area contributed by atoms with Crippen LogP contribution < -0.4 is 5.32 Å². The minimum absolute atomic E-state index is 0.327. The third kappa shape index (κ3) is 4.91. The number of nitrogens with zero attached hydrogens (tertiary/aromatic N) is 2. The number of hydrogen-bond acceptors (Lipinski definition) is 5. The topological polar surface area (TPSA) is 95.0 Å². The van der Waals surface area contributed by atoms with Gasteiger partial charge in [-0.2, -0.15) is 0 Å². The predicted molar refractivity (Wildman–Crippen MR) is 124 cm³/mol. The zero-order valence-corrected chi connectivity index (χ0v) is 18.2. The SMILES string of the molecule is O=C(Nc1ccc(Cl)c(-c2ccccn2)c1)c1ccc(C(c2cccnc2)S(=O)[O-])cc1. The summed E-state index contributed by atoms with van der Waals surface area (Å²) in [5, 5.41) is 2.50. The van der Waals surface area contributed by atoms with Crippen LogP contribution in [-0.4, -0.2) is 24.6 Å². The molecule has 8 heteroatoms. The fraction of sp³-hybridized carbons (Fsp3) is 0.0417. The van der Waals surface area contributed by atoms with Gasteiger partial charge in [0.15, 0.2) is 0 Å². The second-order valence-corrected chi connectivity index (χ2v) is 8.31. The number of benzene rings is 2. The van der Waals surface area contributed by atoms with Crippen molar-refractivity contribution in [2.45, 2.75) is 5.25 Å². The van der Waals surface area contributed by atoms with E-state index in [-0.39, 0.29) is 5.91 Å². The molecule has 0 bridgehead atoms. The molecule has 160 valence electrons. The summed E-state index contributed by atoms with van der Waals surface area (Å²) in [5.74, 6) is -0.327. The van der Waals surface area contributed by atoms with Crippen molar-refractivity contribution < 1.29 is 13.6 Å². The van der Waals surface area contributed by atoms with Gasteiger partial charge >= 0.3 is 0 Å². The van der Waals surface area contributed by atoms with Crippen molar-refractivity contribution in [2.24, 2.45) is 0 Å². The van der Waals surface area contributed by atoms with E-state index < -0.39 is 16.3 Å². The van der Waals surface area contributed by atoms with Crippen molar-refractivity contribution in [1.29, 1.82) is 0 Å². The lowest BCUT2D eigenvalue weighted by Crippen LogP contribution is -2.13. The van der Waals surface area contributed by atoms with E-state index in [9.17, 15) is 13.6 Å². The predicted octanol–water partition coefficient (Wildman–Crippen LogP) is 5.02. The summed E-state index contributed by atoms with van der Waals surface area (Å²) in [7, 11) is 0. The third-order valence-corrected chi connectivity index (χ3v) is 6.08. The molecular formula is C24H17ClN3O3S-. The first-order valence-electron chi connectivity index (χ1n) is 9.63. The molecule has 0 aliphatic heterocycles. The fourth-order valence-electron chi connectivity index (χ4n) is 3.28. The van der Waals surface area contributed by atoms with Crippen LogP contribution >= 0.6 is 11.6 Å². The van der Waals surface area contributed by atoms with E-state index >= 15 is 0 Å². The first-order chi connectivity index (χ1) is 15.5. The van der Waals surface area contributed by atoms with Crippen LogP contribution in [0.4, 0.5) is 5.69 Å². The number of carbonyl (C=O) groups excluding carboxylic acids is 1. The minimum Gasteiger partial charge on any atom is -0.772 e. The lowest BCUT2D eigenvalue weighted by Gasteiger charge is -2.20. The Hall–Kier alpha value is -3.39. The molecule has 6 nitrogen and oxygen atoms in total. The Morgan fingerprint density at radius 2 is 1.78 bits per heavy atom. The van der Waals surface area contributed by atoms with Gasteiger partial charge in [0.25, 0.3) is 5.91 Å². The quantitative estimate of drug-likeness (QED) is 0.406. The third-order valence-electron chi connectivity index (χ3n) is 4.82. The molecule has 0 radical (unpaired) electrons. The van der Waals surface area contributed by atoms with E-state index in [4.69, 9.17) is 11.6 Å². The van der Waals surface area contributed by atoms with Crippen molar-refractivity contribution in [3.63, 3.8) is 0 Å². The van der Waals surface area contributed by atoms with Crippen LogP contribution in [0.2, 0.25) is 5.02 Å². The van der Waals surface area contributed by atoms with Crippen molar-refractivity contribution >= 4 is 34.3 Å². The zero-order chi connectivity index (χ0) is 22.5. The van der Waals surface area contributed by atoms with Gasteiger partial charge in [-0.15, -0.1) is 0 Å². The van der Waals surface area contributed by atoms with Gasteiger partial charge in [0.1, 0.15) is 0 Å². The summed E-state index contributed by atoms with van der Waals surface area (Å²) in [5.41, 5.74) is 3.47. The summed E-state index contributed by atoms with van der Waals surface area (Å²) >= 11 is 3.91. The van der Waals surface area contributed by atoms with Crippen molar-refractivity contribution in [1.82, 2.24) is 9.97 Å². The Bertz CT molecular complexity index is 1250. The normalized spacial score (nSPS) is 12.7. The van der Waals surface area contributed by atoms with Gasteiger partial charge in [0.2, 0.25) is 0 Å². The molecule has 2 aromatic carbocycles. The number of carbonyl (C=O) groups is 1. The molecule has 2 unspecified atom stereocenters. The molecule has 0 spiro atoms. The van der Waals surface area contributed by atoms with E-state index in [1.165, 1.54) is 6.20 Å². The van der Waals surface area contributed by atoms with E-state index in [1.54, 1.807) is 67.0 Å². The number of anilines is 1. The Morgan fingerprint density at radius 1 is 0.969 bits per heavy atom. The highest BCUT2D eigenvalue weighted by Gasteiger charge is 2.16. The number of pyridine rings is 2. The molecule has 0 aliphatic carbocycles. The Balaban J connectivity index is 1.54. The maximum Gasteiger partial charge on any atom is 0.255 e. The summed E-state index contributed by atoms with van der Waals surface area (Å²) in [4.78, 5) is 21.0. The minimum atomic E-state index is -2.39. The Morgan fingerprint density at radius 3 is 2.44 bits per heavy atom. The second-order valence-electron chi connectivity index (χ2n) is 6.91. The van der Waals surface area contributed by atoms with Crippen LogP contribution in [0.5, 0.6) is 0 Å². The van der Waals surface area contributed by atoms with Gasteiger partial charge in [-0.05, 0) is 70.7 Å². The van der Waals surface area contributed by atoms with Gasteiger partial charge < -0.3 is 9.87 Å². The van der Waals surface area contributed by atoms with Crippen molar-refractivity contribution in [3.05, 3.63) is 113 Å². The molecular weight excluding hydrogens is 446 g/mol. The number of nitrogens with one attached hydrogen (secondary N) is 1. The first kappa shape index (κ1) is 21.8. The summed E-state index contributed by atoms with van der Waals surface area (Å²) in [6.07, 6.45) is 4.77. The van der Waals surface area contributed by atoms with E-state index in [1.807, 2.05) is 18.2 Å². The zero-order valence-electron chi connectivity index (χ0n) is 16.6. The molecule has 2 aromatic heterocycles. The molecule has 0 fully saturated rings. The molecule has 1 N–H and O–H groups in total. The van der Waals surface area contributed by atoms with Gasteiger partial charge in [-0.25, -0.2) is 0 Å². The van der Waals surface area contributed by atoms with Gasteiger partial charge in [0, 0.05) is 35.4 Å². The average molecular weight is 463 g/mol. The van der Waals surface area contributed by atoms with E-state index in [0.717, 1.165) is 0 Å². The number of rotatable bonds is 6. The molecule has 0 saturated heterocycles. The molecule has 4 rings (SSSR count). The Labute approximate surface area is 192 Å². The average Bonchev–Trinajstić information content (AvgIpc) is 2.82. The summed E-state index contributed by atoms with van der Waals surface area (Å²) in [6, 6.07) is 20.5. The van der Waals surface area contributed by atoms with E-state index in [2.05, 4.69) is 15.3 Å². The molecule has 4 aromatic rings. The molecule has 2 atom stereocenters. The molecule has 0 saturated carbocycles. The monoisotopic (exact) mass is 462 g/mol. The number of amides is 1. The highest BCUT2D eigenvalue weighted by atomic mass is 35.5. The lowest BCUT2D eigenvalue weighted by molar-refractivity contribution is 0.102. The smallest absolute Gasteiger partial charge is 0.255 e. The number of aromatic nitrogens is 2. The number of hydrogen-bond donors (Lipinski definition) is 1. The standard InChI is InChI=1S/C24H18ClN3O3S/c25-21-11-10-19(14-20(21)22-5-1-2-13-27-22)28-24(29)17-8-6-16(7-9-17)23(32(30)31)18-4-3-12-26-15-18/h1-15,23H,(H,28,29)(H,30,31)/p-1. The summed E-state index contributed by atoms with van der Waals surface area (Å²) < 4.78 is 23.6. The fourth-order valence-corrected chi connectivity index (χ4v) is 4.24. The second kappa shape index (κ2) is 9.82. The van der Waals surface area contributed by atoms with Crippen LogP contribution in [0.3, 0.4) is 0 Å². The van der Waals surface area contributed by atoms with Crippen LogP contribution in [0.25, 0.3) is 11.3 Å².